The number of anilines is 1. The summed E-state index contributed by atoms with van der Waals surface area (Å²) in [6, 6.07) is 12.8. The number of rotatable bonds is 6. The molecule has 4 heterocycles. The van der Waals surface area contributed by atoms with Crippen molar-refractivity contribution in [1.29, 1.82) is 0 Å². The zero-order chi connectivity index (χ0) is 26.1. The highest BCUT2D eigenvalue weighted by atomic mass is 19.1. The van der Waals surface area contributed by atoms with Gasteiger partial charge in [-0.1, -0.05) is 23.9 Å². The molecule has 190 valence electrons. The average Bonchev–Trinajstić information content (AvgIpc) is 3.43. The minimum absolute atomic E-state index is 0.0309. The number of methoxy groups -OCH3 is 1. The number of hydrogen-bond donors (Lipinski definition) is 0. The fourth-order valence-corrected chi connectivity index (χ4v) is 5.18. The molecule has 1 unspecified atom stereocenters. The summed E-state index contributed by atoms with van der Waals surface area (Å²) in [7, 11) is 3.36. The second-order valence-electron chi connectivity index (χ2n) is 9.26. The molecule has 1 saturated heterocycles. The van der Waals surface area contributed by atoms with E-state index in [9.17, 15) is 9.18 Å². The van der Waals surface area contributed by atoms with E-state index in [1.54, 1.807) is 49.1 Å². The first-order valence-electron chi connectivity index (χ1n) is 12.0. The van der Waals surface area contributed by atoms with Gasteiger partial charge in [0.25, 0.3) is 11.4 Å². The van der Waals surface area contributed by atoms with Crippen LogP contribution in [0.1, 0.15) is 24.2 Å². The molecule has 0 spiro atoms. The fraction of sp³-hybridized carbons (Fsp3) is 0.333. The minimum atomic E-state index is -0.307. The summed E-state index contributed by atoms with van der Waals surface area (Å²) >= 11 is 0. The Balaban J connectivity index is 1.58. The molecule has 0 N–H and O–H groups in total. The van der Waals surface area contributed by atoms with E-state index in [1.165, 1.54) is 18.4 Å². The minimum Gasteiger partial charge on any atom is -0.383 e. The quantitative estimate of drug-likeness (QED) is 0.370. The second-order valence-corrected chi connectivity index (χ2v) is 9.26. The third-order valence-electron chi connectivity index (χ3n) is 6.98. The Morgan fingerprint density at radius 1 is 1.22 bits per heavy atom. The normalized spacial score (nSPS) is 19.2. The third-order valence-corrected chi connectivity index (χ3v) is 6.98. The molecule has 10 heteroatoms. The number of ether oxygens (including phenoxy) is 1. The second kappa shape index (κ2) is 10.1. The van der Waals surface area contributed by atoms with Crippen LogP contribution < -0.4 is 10.5 Å². The van der Waals surface area contributed by atoms with Crippen molar-refractivity contribution in [1.82, 2.24) is 19.6 Å². The molecular formula is C27H27FN6O3. The molecule has 0 radical (unpaired) electrons. The lowest BCUT2D eigenvalue weighted by Crippen LogP contribution is -2.60. The van der Waals surface area contributed by atoms with E-state index in [-0.39, 0.29) is 35.3 Å². The lowest BCUT2D eigenvalue weighted by Gasteiger charge is -2.48. The number of hydrogen-bond acceptors (Lipinski definition) is 7. The topological polar surface area (TPSA) is 81.0 Å². The third kappa shape index (κ3) is 4.59. The summed E-state index contributed by atoms with van der Waals surface area (Å²) in [6.07, 6.45) is 1.53. The van der Waals surface area contributed by atoms with Gasteiger partial charge >= 0.3 is 0 Å². The van der Waals surface area contributed by atoms with Crippen LogP contribution in [0.3, 0.4) is 0 Å². The Kier molecular flexibility index (Phi) is 6.74. The van der Waals surface area contributed by atoms with Gasteiger partial charge < -0.3 is 23.6 Å². The van der Waals surface area contributed by atoms with Crippen molar-refractivity contribution in [2.75, 3.05) is 31.7 Å². The summed E-state index contributed by atoms with van der Waals surface area (Å²) in [6.45, 7) is 11.1. The van der Waals surface area contributed by atoms with E-state index in [2.05, 4.69) is 31.7 Å². The van der Waals surface area contributed by atoms with E-state index in [0.717, 1.165) is 11.3 Å². The Labute approximate surface area is 213 Å². The van der Waals surface area contributed by atoms with Crippen molar-refractivity contribution < 1.29 is 13.7 Å². The van der Waals surface area contributed by atoms with Crippen molar-refractivity contribution in [3.8, 4) is 0 Å². The molecule has 0 bridgehead atoms. The summed E-state index contributed by atoms with van der Waals surface area (Å²) in [5.41, 5.74) is 3.43. The number of halogens is 1. The predicted octanol–water partition coefficient (Wildman–Crippen LogP) is 3.93. The van der Waals surface area contributed by atoms with E-state index in [1.807, 2.05) is 6.07 Å². The molecule has 0 amide bonds. The van der Waals surface area contributed by atoms with E-state index >= 15 is 0 Å². The SMILES string of the molecule is [C-]#[N+]c1ccc2c(n1)c(N1C[C@@H](COC)N(C(c3ccc(F)cc3)c3ccon3)C[C@@H]1C)cc(=O)n2C. The lowest BCUT2D eigenvalue weighted by molar-refractivity contribution is 0.0502. The van der Waals surface area contributed by atoms with Crippen LogP contribution in [0, 0.1) is 12.4 Å². The molecule has 9 nitrogen and oxygen atoms in total. The molecule has 1 aliphatic heterocycles. The Bertz CT molecular complexity index is 1500. The van der Waals surface area contributed by atoms with Crippen LogP contribution in [-0.4, -0.2) is 58.5 Å². The van der Waals surface area contributed by atoms with Gasteiger partial charge in [-0.05, 0) is 36.8 Å². The number of piperazine rings is 1. The monoisotopic (exact) mass is 502 g/mol. The highest BCUT2D eigenvalue weighted by molar-refractivity contribution is 5.89. The average molecular weight is 503 g/mol. The Hall–Kier alpha value is -4.07. The maximum Gasteiger partial charge on any atom is 0.270 e. The molecule has 0 saturated carbocycles. The number of aromatic nitrogens is 3. The van der Waals surface area contributed by atoms with Crippen molar-refractivity contribution >= 4 is 22.5 Å². The molecule has 1 aliphatic rings. The number of benzene rings is 1. The molecule has 3 aromatic heterocycles. The number of aryl methyl sites for hydroxylation is 1. The van der Waals surface area contributed by atoms with Crippen LogP contribution in [0.15, 0.2) is 64.1 Å². The van der Waals surface area contributed by atoms with Gasteiger partial charge in [-0.25, -0.2) is 4.39 Å². The summed E-state index contributed by atoms with van der Waals surface area (Å²) < 4.78 is 26.1. The predicted molar refractivity (Wildman–Crippen MR) is 137 cm³/mol. The largest absolute Gasteiger partial charge is 0.383 e. The van der Waals surface area contributed by atoms with E-state index in [4.69, 9.17) is 15.8 Å². The van der Waals surface area contributed by atoms with Crippen molar-refractivity contribution in [2.24, 2.45) is 7.05 Å². The van der Waals surface area contributed by atoms with Crippen LogP contribution in [0.2, 0.25) is 0 Å². The van der Waals surface area contributed by atoms with Gasteiger partial charge in [0.1, 0.15) is 17.8 Å². The highest BCUT2D eigenvalue weighted by Crippen LogP contribution is 2.36. The van der Waals surface area contributed by atoms with Gasteiger partial charge in [0.15, 0.2) is 0 Å². The molecule has 0 aliphatic carbocycles. The summed E-state index contributed by atoms with van der Waals surface area (Å²) in [5, 5.41) is 4.22. The van der Waals surface area contributed by atoms with Crippen LogP contribution in [-0.2, 0) is 11.8 Å². The molecular weight excluding hydrogens is 475 g/mol. The van der Waals surface area contributed by atoms with Gasteiger partial charge in [0.2, 0.25) is 5.52 Å². The summed E-state index contributed by atoms with van der Waals surface area (Å²) in [4.78, 5) is 25.4. The van der Waals surface area contributed by atoms with Crippen LogP contribution >= 0.6 is 0 Å². The maximum absolute atomic E-state index is 13.7. The number of nitrogens with zero attached hydrogens (tertiary/aromatic N) is 6. The van der Waals surface area contributed by atoms with Gasteiger partial charge in [-0.15, -0.1) is 4.98 Å². The van der Waals surface area contributed by atoms with Gasteiger partial charge in [-0.3, -0.25) is 9.69 Å². The first-order chi connectivity index (χ1) is 17.9. The number of pyridine rings is 2. The Morgan fingerprint density at radius 2 is 2.00 bits per heavy atom. The molecule has 4 aromatic rings. The molecule has 3 atom stereocenters. The number of fused-ring (bicyclic) bond motifs is 1. The van der Waals surface area contributed by atoms with Crippen LogP contribution in [0.25, 0.3) is 15.9 Å². The van der Waals surface area contributed by atoms with Crippen molar-refractivity contribution in [2.45, 2.75) is 25.0 Å². The van der Waals surface area contributed by atoms with Gasteiger partial charge in [0, 0.05) is 45.4 Å². The smallest absolute Gasteiger partial charge is 0.270 e. The van der Waals surface area contributed by atoms with Gasteiger partial charge in [0.05, 0.1) is 29.9 Å². The molecule has 1 fully saturated rings. The zero-order valence-corrected chi connectivity index (χ0v) is 20.8. The van der Waals surface area contributed by atoms with E-state index < -0.39 is 0 Å². The Morgan fingerprint density at radius 3 is 2.68 bits per heavy atom. The molecule has 37 heavy (non-hydrogen) atoms. The summed E-state index contributed by atoms with van der Waals surface area (Å²) in [5.74, 6) is -0.0346. The zero-order valence-electron chi connectivity index (χ0n) is 20.8. The standard InChI is InChI=1S/C27H27FN6O3/c1-17-14-34(27(21-11-12-37-31-21)18-5-7-19(28)8-6-18)20(16-36-4)15-33(17)23-13-25(35)32(3)22-9-10-24(29-2)30-26(22)23/h5-13,17,20,27H,14-16H2,1,3-4H3/t17-,20-,27?/m0/s1. The molecule has 1 aromatic carbocycles. The first kappa shape index (κ1) is 24.6. The lowest BCUT2D eigenvalue weighted by atomic mass is 9.96. The fourth-order valence-electron chi connectivity index (χ4n) is 5.18. The molecule has 5 rings (SSSR count). The van der Waals surface area contributed by atoms with Crippen molar-refractivity contribution in [3.05, 3.63) is 93.6 Å². The van der Waals surface area contributed by atoms with Crippen LogP contribution in [0.5, 0.6) is 0 Å². The van der Waals surface area contributed by atoms with Crippen molar-refractivity contribution in [3.63, 3.8) is 0 Å². The van der Waals surface area contributed by atoms with E-state index in [0.29, 0.717) is 36.4 Å². The maximum atomic E-state index is 13.7. The first-order valence-corrected chi connectivity index (χ1v) is 12.0. The van der Waals surface area contributed by atoms with Crippen LogP contribution in [0.4, 0.5) is 15.9 Å². The highest BCUT2D eigenvalue weighted by Gasteiger charge is 2.39. The van der Waals surface area contributed by atoms with Gasteiger partial charge in [-0.2, -0.15) is 0 Å².